The summed E-state index contributed by atoms with van der Waals surface area (Å²) in [5.41, 5.74) is 2.69. The van der Waals surface area contributed by atoms with Gasteiger partial charge in [0, 0.05) is 16.2 Å². The van der Waals surface area contributed by atoms with E-state index in [1.807, 2.05) is 24.3 Å². The molecule has 4 rings (SSSR count). The maximum atomic E-state index is 14.7. The molecule has 0 saturated heterocycles. The highest BCUT2D eigenvalue weighted by Gasteiger charge is 2.14. The third kappa shape index (κ3) is 5.09. The van der Waals surface area contributed by atoms with Gasteiger partial charge in [-0.2, -0.15) is 0 Å². The van der Waals surface area contributed by atoms with Crippen LogP contribution in [-0.4, -0.2) is 22.0 Å². The Balaban J connectivity index is 1.50. The van der Waals surface area contributed by atoms with Crippen LogP contribution in [0.5, 0.6) is 0 Å². The van der Waals surface area contributed by atoms with E-state index in [9.17, 15) is 14.0 Å². The van der Waals surface area contributed by atoms with Crippen molar-refractivity contribution in [3.8, 4) is 11.5 Å². The Morgan fingerprint density at radius 2 is 1.97 bits per heavy atom. The molecule has 0 bridgehead atoms. The van der Waals surface area contributed by atoms with Crippen molar-refractivity contribution in [2.75, 3.05) is 5.32 Å². The number of nitrogens with one attached hydrogen (secondary N) is 1. The molecule has 0 radical (unpaired) electrons. The van der Waals surface area contributed by atoms with Crippen LogP contribution in [0.15, 0.2) is 75.6 Å². The van der Waals surface area contributed by atoms with E-state index in [1.165, 1.54) is 18.2 Å². The Morgan fingerprint density at radius 3 is 2.72 bits per heavy atom. The molecule has 1 aromatic heterocycles. The predicted molar refractivity (Wildman–Crippen MR) is 123 cm³/mol. The van der Waals surface area contributed by atoms with Crippen molar-refractivity contribution in [1.82, 2.24) is 4.98 Å². The van der Waals surface area contributed by atoms with Gasteiger partial charge >= 0.3 is 5.97 Å². The Hall–Kier alpha value is -3.78. The molecule has 0 aliphatic rings. The van der Waals surface area contributed by atoms with Gasteiger partial charge < -0.3 is 14.8 Å². The van der Waals surface area contributed by atoms with E-state index in [-0.39, 0.29) is 23.6 Å². The van der Waals surface area contributed by atoms with Crippen molar-refractivity contribution in [3.05, 3.63) is 88.2 Å². The number of carbonyl (C=O) groups excluding carboxylic acids is 1. The van der Waals surface area contributed by atoms with Gasteiger partial charge in [0.2, 0.25) is 11.8 Å². The summed E-state index contributed by atoms with van der Waals surface area (Å²) in [7, 11) is 0. The van der Waals surface area contributed by atoms with Crippen molar-refractivity contribution in [3.63, 3.8) is 0 Å². The minimum Gasteiger partial charge on any atom is -0.481 e. The summed E-state index contributed by atoms with van der Waals surface area (Å²) in [6.07, 6.45) is 2.88. The van der Waals surface area contributed by atoms with Crippen LogP contribution in [0.2, 0.25) is 0 Å². The highest BCUT2D eigenvalue weighted by Crippen LogP contribution is 2.28. The molecule has 4 aromatic rings. The Bertz CT molecular complexity index is 1360. The van der Waals surface area contributed by atoms with Gasteiger partial charge in [-0.15, -0.1) is 0 Å². The second-order valence-corrected chi connectivity index (χ2v) is 7.88. The summed E-state index contributed by atoms with van der Waals surface area (Å²) in [4.78, 5) is 27.3. The number of halogens is 2. The maximum Gasteiger partial charge on any atom is 0.307 e. The van der Waals surface area contributed by atoms with Crippen molar-refractivity contribution >= 4 is 50.7 Å². The standard InChI is InChI=1S/C24H16BrFN2O4/c25-16-3-1-2-14(10-16)5-9-22(29)27-17-6-7-18(19(26)13-17)24-28-20-11-15(12-23(30)31)4-8-21(20)32-24/h1-11,13H,12H2,(H,27,29)(H,30,31)/b9-5+. The number of hydrogen-bond donors (Lipinski definition) is 2. The monoisotopic (exact) mass is 494 g/mol. The zero-order valence-corrected chi connectivity index (χ0v) is 18.1. The normalized spacial score (nSPS) is 11.2. The summed E-state index contributed by atoms with van der Waals surface area (Å²) in [5.74, 6) is -1.90. The van der Waals surface area contributed by atoms with Crippen molar-refractivity contribution in [1.29, 1.82) is 0 Å². The van der Waals surface area contributed by atoms with Gasteiger partial charge in [-0.1, -0.05) is 34.1 Å². The van der Waals surface area contributed by atoms with Gasteiger partial charge in [-0.3, -0.25) is 9.59 Å². The molecule has 6 nitrogen and oxygen atoms in total. The second kappa shape index (κ2) is 9.15. The molecule has 32 heavy (non-hydrogen) atoms. The second-order valence-electron chi connectivity index (χ2n) is 6.96. The summed E-state index contributed by atoms with van der Waals surface area (Å²) < 4.78 is 21.2. The highest BCUT2D eigenvalue weighted by atomic mass is 79.9. The van der Waals surface area contributed by atoms with Gasteiger partial charge in [-0.05, 0) is 59.7 Å². The van der Waals surface area contributed by atoms with Crippen LogP contribution in [0, 0.1) is 5.82 Å². The van der Waals surface area contributed by atoms with Gasteiger partial charge in [0.25, 0.3) is 0 Å². The lowest BCUT2D eigenvalue weighted by Gasteiger charge is -2.04. The third-order valence-corrected chi connectivity index (χ3v) is 5.04. The molecular formula is C24H16BrFN2O4. The molecule has 0 atom stereocenters. The van der Waals surface area contributed by atoms with Crippen LogP contribution < -0.4 is 5.32 Å². The minimum atomic E-state index is -0.955. The number of nitrogens with zero attached hydrogens (tertiary/aromatic N) is 1. The van der Waals surface area contributed by atoms with Gasteiger partial charge in [0.15, 0.2) is 5.58 Å². The molecule has 0 aliphatic heterocycles. The lowest BCUT2D eigenvalue weighted by atomic mass is 10.1. The van der Waals surface area contributed by atoms with Crippen molar-refractivity contribution < 1.29 is 23.5 Å². The highest BCUT2D eigenvalue weighted by molar-refractivity contribution is 9.10. The Labute approximate surface area is 190 Å². The largest absolute Gasteiger partial charge is 0.481 e. The number of rotatable bonds is 6. The minimum absolute atomic E-state index is 0.0670. The molecule has 1 heterocycles. The summed E-state index contributed by atoms with van der Waals surface area (Å²) >= 11 is 3.37. The first kappa shape index (κ1) is 21.5. The molecule has 0 fully saturated rings. The number of carbonyl (C=O) groups is 2. The molecule has 0 spiro atoms. The van der Waals surface area contributed by atoms with Gasteiger partial charge in [0.1, 0.15) is 11.3 Å². The molecule has 2 N–H and O–H groups in total. The van der Waals surface area contributed by atoms with E-state index in [0.717, 1.165) is 10.0 Å². The van der Waals surface area contributed by atoms with E-state index in [0.29, 0.717) is 16.7 Å². The summed E-state index contributed by atoms with van der Waals surface area (Å²) in [5, 5.41) is 11.5. The number of aliphatic carboxylic acids is 1. The zero-order chi connectivity index (χ0) is 22.7. The van der Waals surface area contributed by atoms with Crippen LogP contribution in [-0.2, 0) is 16.0 Å². The molecular weight excluding hydrogens is 479 g/mol. The first-order valence-electron chi connectivity index (χ1n) is 9.53. The topological polar surface area (TPSA) is 92.4 Å². The maximum absolute atomic E-state index is 14.7. The van der Waals surface area contributed by atoms with E-state index >= 15 is 0 Å². The Kier molecular flexibility index (Phi) is 6.13. The fourth-order valence-corrected chi connectivity index (χ4v) is 3.52. The van der Waals surface area contributed by atoms with Crippen molar-refractivity contribution in [2.24, 2.45) is 0 Å². The average molecular weight is 495 g/mol. The fraction of sp³-hybridized carbons (Fsp3) is 0.0417. The molecule has 1 amide bonds. The van der Waals surface area contributed by atoms with Gasteiger partial charge in [-0.25, -0.2) is 9.37 Å². The predicted octanol–water partition coefficient (Wildman–Crippen LogP) is 5.68. The molecule has 0 saturated carbocycles. The smallest absolute Gasteiger partial charge is 0.307 e. The molecule has 0 aliphatic carbocycles. The van der Waals surface area contributed by atoms with Crippen LogP contribution in [0.1, 0.15) is 11.1 Å². The zero-order valence-electron chi connectivity index (χ0n) is 16.5. The Morgan fingerprint density at radius 1 is 1.12 bits per heavy atom. The molecule has 0 unspecified atom stereocenters. The quantitative estimate of drug-likeness (QED) is 0.336. The first-order valence-corrected chi connectivity index (χ1v) is 10.3. The number of carboxylic acid groups (broad SMARTS) is 1. The molecule has 3 aromatic carbocycles. The van der Waals surface area contributed by atoms with Crippen LogP contribution >= 0.6 is 15.9 Å². The SMILES string of the molecule is O=C(O)Cc1ccc2oc(-c3ccc(NC(=O)/C=C/c4cccc(Br)c4)cc3F)nc2c1. The van der Waals surface area contributed by atoms with E-state index in [2.05, 4.69) is 26.2 Å². The third-order valence-electron chi connectivity index (χ3n) is 4.55. The number of hydrogen-bond acceptors (Lipinski definition) is 4. The van der Waals surface area contributed by atoms with Crippen LogP contribution in [0.4, 0.5) is 10.1 Å². The number of fused-ring (bicyclic) bond motifs is 1. The molecule has 160 valence electrons. The fourth-order valence-electron chi connectivity index (χ4n) is 3.11. The van der Waals surface area contributed by atoms with Gasteiger partial charge in [0.05, 0.1) is 12.0 Å². The van der Waals surface area contributed by atoms with E-state index in [1.54, 1.807) is 30.3 Å². The average Bonchev–Trinajstić information content (AvgIpc) is 3.15. The van der Waals surface area contributed by atoms with E-state index in [4.69, 9.17) is 9.52 Å². The molecule has 8 heteroatoms. The summed E-state index contributed by atoms with van der Waals surface area (Å²) in [6, 6.07) is 16.5. The van der Waals surface area contributed by atoms with E-state index < -0.39 is 17.7 Å². The van der Waals surface area contributed by atoms with Crippen molar-refractivity contribution in [2.45, 2.75) is 6.42 Å². The lowest BCUT2D eigenvalue weighted by Crippen LogP contribution is -2.08. The lowest BCUT2D eigenvalue weighted by molar-refractivity contribution is -0.136. The van der Waals surface area contributed by atoms with Crippen LogP contribution in [0.3, 0.4) is 0 Å². The number of anilines is 1. The number of benzene rings is 3. The number of oxazole rings is 1. The summed E-state index contributed by atoms with van der Waals surface area (Å²) in [6.45, 7) is 0. The first-order chi connectivity index (χ1) is 15.4. The number of aromatic nitrogens is 1. The number of carboxylic acids is 1. The number of amides is 1. The van der Waals surface area contributed by atoms with Crippen LogP contribution in [0.25, 0.3) is 28.6 Å².